The van der Waals surface area contributed by atoms with Gasteiger partial charge < -0.3 is 10.4 Å². The Kier molecular flexibility index (Phi) is 4.74. The van der Waals surface area contributed by atoms with Crippen LogP contribution in [0.2, 0.25) is 0 Å². The molecule has 0 bridgehead atoms. The number of rotatable bonds is 7. The van der Waals surface area contributed by atoms with Gasteiger partial charge in [-0.15, -0.1) is 0 Å². The summed E-state index contributed by atoms with van der Waals surface area (Å²) in [6.07, 6.45) is 7.97. The SMILES string of the molecule is CCn1nccc1/C=C/C(=O)NC(CCO)C1CC1. The van der Waals surface area contributed by atoms with Crippen LogP contribution in [-0.2, 0) is 11.3 Å². The summed E-state index contributed by atoms with van der Waals surface area (Å²) in [5.74, 6) is 0.444. The van der Waals surface area contributed by atoms with Crippen molar-refractivity contribution in [2.75, 3.05) is 6.61 Å². The fraction of sp³-hybridized carbons (Fsp3) is 0.571. The molecule has 19 heavy (non-hydrogen) atoms. The van der Waals surface area contributed by atoms with E-state index in [9.17, 15) is 4.79 Å². The maximum absolute atomic E-state index is 11.8. The van der Waals surface area contributed by atoms with E-state index in [1.807, 2.05) is 17.7 Å². The van der Waals surface area contributed by atoms with Crippen LogP contribution < -0.4 is 5.32 Å². The number of carbonyl (C=O) groups excluding carboxylic acids is 1. The molecule has 1 aliphatic rings. The van der Waals surface area contributed by atoms with Crippen LogP contribution in [0.15, 0.2) is 18.3 Å². The van der Waals surface area contributed by atoms with Gasteiger partial charge in [0.2, 0.25) is 5.91 Å². The van der Waals surface area contributed by atoms with Crippen LogP contribution in [0.3, 0.4) is 0 Å². The molecular weight excluding hydrogens is 242 g/mol. The average molecular weight is 263 g/mol. The monoisotopic (exact) mass is 263 g/mol. The number of hydrogen-bond acceptors (Lipinski definition) is 3. The molecule has 0 aliphatic heterocycles. The standard InChI is InChI=1S/C14H21N3O2/c1-2-17-12(7-9-15-17)5-6-14(19)16-13(8-10-18)11-3-4-11/h5-7,9,11,13,18H,2-4,8,10H2,1H3,(H,16,19)/b6-5+. The number of aliphatic hydroxyl groups excluding tert-OH is 1. The minimum absolute atomic E-state index is 0.103. The number of carbonyl (C=O) groups is 1. The maximum Gasteiger partial charge on any atom is 0.244 e. The summed E-state index contributed by atoms with van der Waals surface area (Å²) in [6, 6.07) is 1.98. The number of nitrogens with one attached hydrogen (secondary N) is 1. The molecule has 1 fully saturated rings. The van der Waals surface area contributed by atoms with E-state index in [0.29, 0.717) is 12.3 Å². The van der Waals surface area contributed by atoms with E-state index in [-0.39, 0.29) is 18.6 Å². The summed E-state index contributed by atoms with van der Waals surface area (Å²) >= 11 is 0. The molecule has 2 rings (SSSR count). The highest BCUT2D eigenvalue weighted by Gasteiger charge is 2.31. The molecule has 1 aliphatic carbocycles. The van der Waals surface area contributed by atoms with Crippen LogP contribution in [0.5, 0.6) is 0 Å². The Morgan fingerprint density at radius 1 is 1.68 bits per heavy atom. The lowest BCUT2D eigenvalue weighted by Gasteiger charge is -2.15. The van der Waals surface area contributed by atoms with E-state index in [1.54, 1.807) is 12.3 Å². The zero-order chi connectivity index (χ0) is 13.7. The molecule has 1 unspecified atom stereocenters. The summed E-state index contributed by atoms with van der Waals surface area (Å²) in [6.45, 7) is 2.91. The molecule has 1 aromatic rings. The van der Waals surface area contributed by atoms with Gasteiger partial charge in [0, 0.05) is 31.5 Å². The van der Waals surface area contributed by atoms with Crippen LogP contribution in [0, 0.1) is 5.92 Å². The Balaban J connectivity index is 1.89. The van der Waals surface area contributed by atoms with Crippen molar-refractivity contribution >= 4 is 12.0 Å². The molecule has 5 heteroatoms. The van der Waals surface area contributed by atoms with Gasteiger partial charge in [-0.2, -0.15) is 5.10 Å². The van der Waals surface area contributed by atoms with Gasteiger partial charge in [0.05, 0.1) is 5.69 Å². The van der Waals surface area contributed by atoms with Gasteiger partial charge >= 0.3 is 0 Å². The van der Waals surface area contributed by atoms with Crippen molar-refractivity contribution in [1.29, 1.82) is 0 Å². The van der Waals surface area contributed by atoms with Gasteiger partial charge in [-0.05, 0) is 44.2 Å². The number of aromatic nitrogens is 2. The quantitative estimate of drug-likeness (QED) is 0.726. The van der Waals surface area contributed by atoms with Crippen LogP contribution >= 0.6 is 0 Å². The summed E-state index contributed by atoms with van der Waals surface area (Å²) in [4.78, 5) is 11.8. The molecule has 104 valence electrons. The van der Waals surface area contributed by atoms with E-state index >= 15 is 0 Å². The Hall–Kier alpha value is -1.62. The number of amides is 1. The molecule has 0 aromatic carbocycles. The zero-order valence-corrected chi connectivity index (χ0v) is 11.2. The Morgan fingerprint density at radius 2 is 2.47 bits per heavy atom. The summed E-state index contributed by atoms with van der Waals surface area (Å²) in [7, 11) is 0. The van der Waals surface area contributed by atoms with Crippen molar-refractivity contribution in [1.82, 2.24) is 15.1 Å². The first-order chi connectivity index (χ1) is 9.24. The van der Waals surface area contributed by atoms with Crippen LogP contribution in [0.4, 0.5) is 0 Å². The first-order valence-electron chi connectivity index (χ1n) is 6.85. The van der Waals surface area contributed by atoms with Crippen LogP contribution in [0.25, 0.3) is 6.08 Å². The molecule has 1 atom stereocenters. The molecule has 5 nitrogen and oxygen atoms in total. The normalized spacial score (nSPS) is 16.7. The first-order valence-corrected chi connectivity index (χ1v) is 6.85. The molecule has 2 N–H and O–H groups in total. The molecule has 0 spiro atoms. The number of hydrogen-bond donors (Lipinski definition) is 2. The van der Waals surface area contributed by atoms with E-state index in [4.69, 9.17) is 5.11 Å². The van der Waals surface area contributed by atoms with Crippen LogP contribution in [-0.4, -0.2) is 33.4 Å². The Morgan fingerprint density at radius 3 is 3.11 bits per heavy atom. The van der Waals surface area contributed by atoms with E-state index in [0.717, 1.165) is 25.1 Å². The zero-order valence-electron chi connectivity index (χ0n) is 11.2. The molecule has 1 saturated carbocycles. The minimum atomic E-state index is -0.103. The first kappa shape index (κ1) is 13.8. The van der Waals surface area contributed by atoms with Gasteiger partial charge in [-0.25, -0.2) is 0 Å². The number of aliphatic hydroxyl groups is 1. The van der Waals surface area contributed by atoms with Crippen molar-refractivity contribution < 1.29 is 9.90 Å². The Labute approximate surface area is 113 Å². The van der Waals surface area contributed by atoms with Crippen molar-refractivity contribution in [3.63, 3.8) is 0 Å². The third-order valence-electron chi connectivity index (χ3n) is 3.41. The van der Waals surface area contributed by atoms with Crippen molar-refractivity contribution in [2.45, 2.75) is 38.8 Å². The van der Waals surface area contributed by atoms with Gasteiger partial charge in [-0.3, -0.25) is 9.48 Å². The smallest absolute Gasteiger partial charge is 0.244 e. The predicted molar refractivity (Wildman–Crippen MR) is 73.3 cm³/mol. The molecular formula is C14H21N3O2. The highest BCUT2D eigenvalue weighted by molar-refractivity contribution is 5.91. The van der Waals surface area contributed by atoms with Crippen molar-refractivity contribution in [3.05, 3.63) is 24.0 Å². The lowest BCUT2D eigenvalue weighted by Crippen LogP contribution is -2.36. The van der Waals surface area contributed by atoms with Crippen LogP contribution in [0.1, 0.15) is 31.9 Å². The van der Waals surface area contributed by atoms with E-state index < -0.39 is 0 Å². The highest BCUT2D eigenvalue weighted by atomic mass is 16.3. The van der Waals surface area contributed by atoms with E-state index in [2.05, 4.69) is 10.4 Å². The second-order valence-electron chi connectivity index (χ2n) is 4.87. The van der Waals surface area contributed by atoms with Crippen molar-refractivity contribution in [2.24, 2.45) is 5.92 Å². The number of nitrogens with zero attached hydrogens (tertiary/aromatic N) is 2. The Bertz CT molecular complexity index is 449. The molecule has 0 radical (unpaired) electrons. The fourth-order valence-electron chi connectivity index (χ4n) is 2.20. The average Bonchev–Trinajstić information content (AvgIpc) is 3.15. The summed E-state index contributed by atoms with van der Waals surface area (Å²) in [5, 5.41) is 16.1. The highest BCUT2D eigenvalue weighted by Crippen LogP contribution is 2.33. The van der Waals surface area contributed by atoms with Gasteiger partial charge in [-0.1, -0.05) is 0 Å². The number of aryl methyl sites for hydroxylation is 1. The second-order valence-corrected chi connectivity index (χ2v) is 4.87. The van der Waals surface area contributed by atoms with Gasteiger partial charge in [0.1, 0.15) is 0 Å². The second kappa shape index (κ2) is 6.52. The molecule has 1 amide bonds. The predicted octanol–water partition coefficient (Wildman–Crippen LogP) is 1.19. The lowest BCUT2D eigenvalue weighted by atomic mass is 10.1. The molecule has 1 heterocycles. The van der Waals surface area contributed by atoms with Crippen molar-refractivity contribution in [3.8, 4) is 0 Å². The summed E-state index contributed by atoms with van der Waals surface area (Å²) < 4.78 is 1.83. The third-order valence-corrected chi connectivity index (χ3v) is 3.41. The van der Waals surface area contributed by atoms with Gasteiger partial charge in [0.25, 0.3) is 0 Å². The molecule has 1 aromatic heterocycles. The minimum Gasteiger partial charge on any atom is -0.396 e. The van der Waals surface area contributed by atoms with E-state index in [1.165, 1.54) is 6.08 Å². The largest absolute Gasteiger partial charge is 0.396 e. The molecule has 0 saturated heterocycles. The van der Waals surface area contributed by atoms with Gasteiger partial charge in [0.15, 0.2) is 0 Å². The maximum atomic E-state index is 11.8. The lowest BCUT2D eigenvalue weighted by molar-refractivity contribution is -0.117. The fourth-order valence-corrected chi connectivity index (χ4v) is 2.20. The summed E-state index contributed by atoms with van der Waals surface area (Å²) in [5.41, 5.74) is 0.919. The third kappa shape index (κ3) is 3.92. The topological polar surface area (TPSA) is 67.2 Å².